The van der Waals surface area contributed by atoms with Gasteiger partial charge >= 0.3 is 0 Å². The van der Waals surface area contributed by atoms with Crippen LogP contribution in [-0.2, 0) is 0 Å². The quantitative estimate of drug-likeness (QED) is 0.774. The maximum Gasteiger partial charge on any atom is 0.0191 e. The molecule has 0 radical (unpaired) electrons. The van der Waals surface area contributed by atoms with Gasteiger partial charge in [0.25, 0.3) is 0 Å². The van der Waals surface area contributed by atoms with Crippen LogP contribution in [0.15, 0.2) is 0 Å². The van der Waals surface area contributed by atoms with E-state index in [2.05, 4.69) is 18.7 Å². The van der Waals surface area contributed by atoms with Crippen LogP contribution < -0.4 is 5.73 Å². The van der Waals surface area contributed by atoms with E-state index >= 15 is 0 Å². The third-order valence-electron chi connectivity index (χ3n) is 4.36. The minimum atomic E-state index is 0.367. The minimum absolute atomic E-state index is 0.367. The second-order valence-electron chi connectivity index (χ2n) is 6.14. The summed E-state index contributed by atoms with van der Waals surface area (Å²) in [6.07, 6.45) is 7.34. The molecule has 2 N–H and O–H groups in total. The summed E-state index contributed by atoms with van der Waals surface area (Å²) in [5.41, 5.74) is 6.82. The molecule has 2 fully saturated rings. The summed E-state index contributed by atoms with van der Waals surface area (Å²) in [5.74, 6) is 0.618. The average molecular weight is 210 g/mol. The van der Waals surface area contributed by atoms with Crippen molar-refractivity contribution in [1.82, 2.24) is 4.90 Å². The average Bonchev–Trinajstić information content (AvgIpc) is 2.16. The number of hydrogen-bond donors (Lipinski definition) is 1. The van der Waals surface area contributed by atoms with Crippen molar-refractivity contribution in [3.8, 4) is 0 Å². The van der Waals surface area contributed by atoms with Gasteiger partial charge < -0.3 is 10.6 Å². The zero-order valence-electron chi connectivity index (χ0n) is 10.3. The SMILES string of the molecule is CC(C)C(N)CN1CC2(CCCCC2)C1. The standard InChI is InChI=1S/C13H26N2/c1-11(2)12(14)8-15-9-13(10-15)6-4-3-5-7-13/h11-12H,3-10,14H2,1-2H3. The Labute approximate surface area is 94.2 Å². The van der Waals surface area contributed by atoms with Gasteiger partial charge in [-0.2, -0.15) is 0 Å². The molecule has 1 unspecified atom stereocenters. The molecule has 1 saturated carbocycles. The zero-order chi connectivity index (χ0) is 10.9. The van der Waals surface area contributed by atoms with Crippen LogP contribution in [-0.4, -0.2) is 30.6 Å². The molecule has 1 heterocycles. The van der Waals surface area contributed by atoms with Gasteiger partial charge in [-0.3, -0.25) is 0 Å². The Kier molecular flexibility index (Phi) is 3.36. The third kappa shape index (κ3) is 2.54. The minimum Gasteiger partial charge on any atom is -0.326 e. The molecular weight excluding hydrogens is 184 g/mol. The van der Waals surface area contributed by atoms with E-state index in [1.807, 2.05) is 0 Å². The van der Waals surface area contributed by atoms with Crippen molar-refractivity contribution in [3.05, 3.63) is 0 Å². The van der Waals surface area contributed by atoms with Gasteiger partial charge in [0.05, 0.1) is 0 Å². The highest BCUT2D eigenvalue weighted by atomic mass is 15.2. The summed E-state index contributed by atoms with van der Waals surface area (Å²) in [6.45, 7) is 8.21. The summed E-state index contributed by atoms with van der Waals surface area (Å²) >= 11 is 0. The highest BCUT2D eigenvalue weighted by Gasteiger charge is 2.43. The molecule has 2 aliphatic rings. The Hall–Kier alpha value is -0.0800. The van der Waals surface area contributed by atoms with Crippen LogP contribution in [0.4, 0.5) is 0 Å². The number of rotatable bonds is 3. The molecule has 1 aliphatic heterocycles. The molecule has 0 amide bonds. The van der Waals surface area contributed by atoms with E-state index in [9.17, 15) is 0 Å². The fourth-order valence-corrected chi connectivity index (χ4v) is 3.16. The molecule has 0 aromatic rings. The molecule has 1 saturated heterocycles. The molecule has 0 bridgehead atoms. The van der Waals surface area contributed by atoms with E-state index in [-0.39, 0.29) is 0 Å². The van der Waals surface area contributed by atoms with Crippen LogP contribution in [0.5, 0.6) is 0 Å². The number of nitrogens with zero attached hydrogens (tertiary/aromatic N) is 1. The van der Waals surface area contributed by atoms with Gasteiger partial charge in [0, 0.05) is 25.7 Å². The molecule has 2 heteroatoms. The maximum absolute atomic E-state index is 6.10. The molecule has 2 rings (SSSR count). The number of nitrogens with two attached hydrogens (primary N) is 1. The van der Waals surface area contributed by atoms with Gasteiger partial charge in [-0.1, -0.05) is 33.1 Å². The predicted octanol–water partition coefficient (Wildman–Crippen LogP) is 2.24. The number of likely N-dealkylation sites (tertiary alicyclic amines) is 1. The highest BCUT2D eigenvalue weighted by Crippen LogP contribution is 2.43. The fourth-order valence-electron chi connectivity index (χ4n) is 3.16. The van der Waals surface area contributed by atoms with Crippen LogP contribution in [0.25, 0.3) is 0 Å². The Bertz CT molecular complexity index is 199. The van der Waals surface area contributed by atoms with Gasteiger partial charge in [-0.05, 0) is 24.2 Å². The van der Waals surface area contributed by atoms with Gasteiger partial charge in [0.15, 0.2) is 0 Å². The molecule has 0 aromatic carbocycles. The molecule has 88 valence electrons. The second kappa shape index (κ2) is 4.42. The van der Waals surface area contributed by atoms with E-state index in [1.165, 1.54) is 45.2 Å². The summed E-state index contributed by atoms with van der Waals surface area (Å²) in [7, 11) is 0. The largest absolute Gasteiger partial charge is 0.326 e. The lowest BCUT2D eigenvalue weighted by molar-refractivity contribution is -0.0328. The van der Waals surface area contributed by atoms with Crippen molar-refractivity contribution >= 4 is 0 Å². The first-order chi connectivity index (χ1) is 7.11. The Morgan fingerprint density at radius 3 is 2.27 bits per heavy atom. The highest BCUT2D eigenvalue weighted by molar-refractivity contribution is 4.97. The zero-order valence-corrected chi connectivity index (χ0v) is 10.3. The molecule has 1 spiro atoms. The van der Waals surface area contributed by atoms with Gasteiger partial charge in [-0.25, -0.2) is 0 Å². The van der Waals surface area contributed by atoms with Crippen molar-refractivity contribution < 1.29 is 0 Å². The van der Waals surface area contributed by atoms with E-state index in [0.29, 0.717) is 12.0 Å². The third-order valence-corrected chi connectivity index (χ3v) is 4.36. The van der Waals surface area contributed by atoms with Crippen LogP contribution in [0.1, 0.15) is 46.0 Å². The van der Waals surface area contributed by atoms with Crippen molar-refractivity contribution in [2.45, 2.75) is 52.0 Å². The van der Waals surface area contributed by atoms with Crippen molar-refractivity contribution in [2.75, 3.05) is 19.6 Å². The van der Waals surface area contributed by atoms with E-state index in [0.717, 1.165) is 12.0 Å². The number of hydrogen-bond acceptors (Lipinski definition) is 2. The summed E-state index contributed by atoms with van der Waals surface area (Å²) in [5, 5.41) is 0. The Balaban J connectivity index is 1.72. The van der Waals surface area contributed by atoms with Crippen LogP contribution in [0.3, 0.4) is 0 Å². The molecule has 2 nitrogen and oxygen atoms in total. The molecular formula is C13H26N2. The molecule has 15 heavy (non-hydrogen) atoms. The van der Waals surface area contributed by atoms with Gasteiger partial charge in [0.1, 0.15) is 0 Å². The molecule has 1 atom stereocenters. The first kappa shape index (κ1) is 11.4. The summed E-state index contributed by atoms with van der Waals surface area (Å²) in [4.78, 5) is 2.57. The predicted molar refractivity (Wildman–Crippen MR) is 64.8 cm³/mol. The van der Waals surface area contributed by atoms with Crippen molar-refractivity contribution in [2.24, 2.45) is 17.1 Å². The van der Waals surface area contributed by atoms with E-state index in [1.54, 1.807) is 0 Å². The topological polar surface area (TPSA) is 29.3 Å². The van der Waals surface area contributed by atoms with Gasteiger partial charge in [-0.15, -0.1) is 0 Å². The lowest BCUT2D eigenvalue weighted by atomic mass is 9.68. The van der Waals surface area contributed by atoms with Gasteiger partial charge in [0.2, 0.25) is 0 Å². The van der Waals surface area contributed by atoms with E-state index < -0.39 is 0 Å². The second-order valence-corrected chi connectivity index (χ2v) is 6.14. The monoisotopic (exact) mass is 210 g/mol. The van der Waals surface area contributed by atoms with Crippen molar-refractivity contribution in [1.29, 1.82) is 0 Å². The van der Waals surface area contributed by atoms with Crippen molar-refractivity contribution in [3.63, 3.8) is 0 Å². The normalized spacial score (nSPS) is 28.0. The summed E-state index contributed by atoms with van der Waals surface area (Å²) < 4.78 is 0. The molecule has 1 aliphatic carbocycles. The van der Waals surface area contributed by atoms with Crippen LogP contribution in [0.2, 0.25) is 0 Å². The van der Waals surface area contributed by atoms with E-state index in [4.69, 9.17) is 5.73 Å². The fraction of sp³-hybridized carbons (Fsp3) is 1.00. The van der Waals surface area contributed by atoms with Crippen LogP contribution in [0, 0.1) is 11.3 Å². The van der Waals surface area contributed by atoms with Crippen LogP contribution >= 0.6 is 0 Å². The lowest BCUT2D eigenvalue weighted by Crippen LogP contribution is -2.59. The lowest BCUT2D eigenvalue weighted by Gasteiger charge is -2.53. The molecule has 0 aromatic heterocycles. The smallest absolute Gasteiger partial charge is 0.0191 e. The first-order valence-corrected chi connectivity index (χ1v) is 6.59. The summed E-state index contributed by atoms with van der Waals surface area (Å²) in [6, 6.07) is 0.367. The Morgan fingerprint density at radius 2 is 1.73 bits per heavy atom. The first-order valence-electron chi connectivity index (χ1n) is 6.59. The maximum atomic E-state index is 6.10. The Morgan fingerprint density at radius 1 is 1.13 bits per heavy atom.